The largest absolute Gasteiger partial charge is 0.512 e. The van der Waals surface area contributed by atoms with E-state index in [1.807, 2.05) is 45.9 Å². The number of allylic oxidation sites excluding steroid dienone is 2. The van der Waals surface area contributed by atoms with Gasteiger partial charge in [-0.2, -0.15) is 0 Å². The van der Waals surface area contributed by atoms with E-state index in [1.54, 1.807) is 6.33 Å². The molecule has 0 aliphatic carbocycles. The van der Waals surface area contributed by atoms with Crippen molar-refractivity contribution in [1.29, 1.82) is 0 Å². The van der Waals surface area contributed by atoms with E-state index in [0.717, 1.165) is 69.6 Å². The second-order valence-corrected chi connectivity index (χ2v) is 13.1. The normalized spacial score (nSPS) is 12.1. The Kier molecular flexibility index (Phi) is 11.8. The average Bonchev–Trinajstić information content (AvgIpc) is 3.44. The number of carbonyl (C=O) groups is 1. The molecule has 5 nitrogen and oxygen atoms in total. The second kappa shape index (κ2) is 15.4. The summed E-state index contributed by atoms with van der Waals surface area (Å²) >= 11 is 0. The van der Waals surface area contributed by atoms with Gasteiger partial charge in [-0.25, -0.2) is 4.98 Å². The zero-order valence-electron chi connectivity index (χ0n) is 28.5. The Labute approximate surface area is 291 Å². The van der Waals surface area contributed by atoms with E-state index < -0.39 is 0 Å². The third-order valence-corrected chi connectivity index (χ3v) is 9.09. The molecule has 4 aromatic carbocycles. The third-order valence-electron chi connectivity index (χ3n) is 9.09. The van der Waals surface area contributed by atoms with Gasteiger partial charge in [0.1, 0.15) is 23.0 Å². The first-order chi connectivity index (χ1) is 22.1. The van der Waals surface area contributed by atoms with E-state index in [2.05, 4.69) is 85.3 Å². The molecule has 6 rings (SSSR count). The van der Waals surface area contributed by atoms with Crippen LogP contribution in [0.1, 0.15) is 79.7 Å². The maximum absolute atomic E-state index is 11.7. The van der Waals surface area contributed by atoms with Crippen molar-refractivity contribution in [1.82, 2.24) is 9.97 Å². The molecule has 0 atom stereocenters. The summed E-state index contributed by atoms with van der Waals surface area (Å²) in [5.41, 5.74) is 5.34. The molecule has 0 aliphatic heterocycles. The number of hydrogen-bond donors (Lipinski definition) is 1. The standard InChI is InChI=1S/C28H21N2O.C13H24O2.Ir/c1-28(2,3)22-15-23-24(21-11-7-6-10-20(21)22)26-27(31-23)25(29-16-30-26)19-13-12-17-8-4-5-9-18(17)14-19;1-5-10(6-2)12(14)9-13(15)11(7-3)8-4;/h4-12,14-16H,1-3H3;9-11,14H,5-8H2,1-4H3;/q-1;;/b;12-9-;. The van der Waals surface area contributed by atoms with E-state index in [0.29, 0.717) is 5.58 Å². The minimum atomic E-state index is -0.00655. The maximum atomic E-state index is 11.7. The zero-order chi connectivity index (χ0) is 33.0. The zero-order valence-corrected chi connectivity index (χ0v) is 30.9. The molecule has 0 fully saturated rings. The van der Waals surface area contributed by atoms with Crippen molar-refractivity contribution in [2.75, 3.05) is 0 Å². The molecule has 6 heteroatoms. The van der Waals surface area contributed by atoms with Crippen LogP contribution in [-0.2, 0) is 30.3 Å². The van der Waals surface area contributed by atoms with E-state index in [4.69, 9.17) is 4.42 Å². The van der Waals surface area contributed by atoms with Gasteiger partial charge < -0.3 is 9.52 Å². The van der Waals surface area contributed by atoms with Crippen molar-refractivity contribution in [3.05, 3.63) is 96.5 Å². The van der Waals surface area contributed by atoms with Gasteiger partial charge in [0.15, 0.2) is 5.78 Å². The molecule has 0 unspecified atom stereocenters. The van der Waals surface area contributed by atoms with Gasteiger partial charge in [-0.05, 0) is 53.5 Å². The van der Waals surface area contributed by atoms with Crippen molar-refractivity contribution < 1.29 is 34.4 Å². The summed E-state index contributed by atoms with van der Waals surface area (Å²) in [6.07, 6.45) is 6.53. The second-order valence-electron chi connectivity index (χ2n) is 13.1. The predicted octanol–water partition coefficient (Wildman–Crippen LogP) is 11.3. The summed E-state index contributed by atoms with van der Waals surface area (Å²) in [7, 11) is 0. The first kappa shape index (κ1) is 36.0. The number of furan rings is 1. The van der Waals surface area contributed by atoms with E-state index in [1.165, 1.54) is 17.0 Å². The van der Waals surface area contributed by atoms with E-state index in [9.17, 15) is 9.90 Å². The van der Waals surface area contributed by atoms with Crippen molar-refractivity contribution >= 4 is 49.4 Å². The number of ketones is 1. The van der Waals surface area contributed by atoms with Gasteiger partial charge in [-0.15, -0.1) is 29.1 Å². The molecular formula is C41H45IrN2O3-. The van der Waals surface area contributed by atoms with Crippen molar-refractivity contribution in [2.45, 2.75) is 79.6 Å². The fraction of sp³-hybridized carbons (Fsp3) is 0.341. The first-order valence-electron chi connectivity index (χ1n) is 16.6. The first-order valence-corrected chi connectivity index (χ1v) is 16.6. The van der Waals surface area contributed by atoms with Crippen molar-refractivity contribution in [3.8, 4) is 11.3 Å². The molecule has 0 saturated carbocycles. The Morgan fingerprint density at radius 1 is 0.872 bits per heavy atom. The Morgan fingerprint density at radius 3 is 2.13 bits per heavy atom. The molecule has 2 heterocycles. The van der Waals surface area contributed by atoms with E-state index >= 15 is 0 Å². The molecule has 0 spiro atoms. The molecule has 1 radical (unpaired) electrons. The molecule has 47 heavy (non-hydrogen) atoms. The number of fused-ring (bicyclic) bond motifs is 6. The topological polar surface area (TPSA) is 76.2 Å². The van der Waals surface area contributed by atoms with Crippen LogP contribution in [0.2, 0.25) is 0 Å². The summed E-state index contributed by atoms with van der Waals surface area (Å²) in [6.45, 7) is 14.8. The predicted molar refractivity (Wildman–Crippen MR) is 191 cm³/mol. The average molecular weight is 806 g/mol. The van der Waals surface area contributed by atoms with Gasteiger partial charge in [0.2, 0.25) is 0 Å². The fourth-order valence-corrected chi connectivity index (χ4v) is 6.29. The number of aliphatic hydroxyl groups excluding tert-OH is 1. The molecule has 0 amide bonds. The number of nitrogens with zero attached hydrogens (tertiary/aromatic N) is 2. The van der Waals surface area contributed by atoms with Crippen LogP contribution in [0.15, 0.2) is 89.3 Å². The Bertz CT molecular complexity index is 2030. The number of benzene rings is 4. The molecule has 0 bridgehead atoms. The summed E-state index contributed by atoms with van der Waals surface area (Å²) in [6, 6.07) is 26.5. The summed E-state index contributed by atoms with van der Waals surface area (Å²) in [5.74, 6) is 0.547. The molecule has 0 saturated heterocycles. The molecule has 247 valence electrons. The van der Waals surface area contributed by atoms with E-state index in [-0.39, 0.29) is 48.9 Å². The van der Waals surface area contributed by atoms with Crippen LogP contribution in [0.5, 0.6) is 0 Å². The van der Waals surface area contributed by atoms with Gasteiger partial charge in [0.05, 0.1) is 11.1 Å². The Morgan fingerprint density at radius 2 is 1.49 bits per heavy atom. The van der Waals surface area contributed by atoms with Gasteiger partial charge in [-0.3, -0.25) is 9.78 Å². The molecule has 6 aromatic rings. The van der Waals surface area contributed by atoms with Crippen LogP contribution in [0, 0.1) is 17.9 Å². The summed E-state index contributed by atoms with van der Waals surface area (Å²) in [4.78, 5) is 21.0. The molecule has 0 aliphatic rings. The minimum absolute atomic E-state index is 0. The van der Waals surface area contributed by atoms with Crippen LogP contribution in [-0.4, -0.2) is 20.9 Å². The van der Waals surface area contributed by atoms with Gasteiger partial charge in [0, 0.05) is 43.7 Å². The van der Waals surface area contributed by atoms with Crippen molar-refractivity contribution in [3.63, 3.8) is 0 Å². The SMILES string of the molecule is CC(C)(C)c1cc2oc3c(-c4[c-]cc5ccccc5c4)ncnc3c2c2ccccc12.CCC(CC)C(=O)/C=C(\O)C(CC)CC.[Ir]. The van der Waals surface area contributed by atoms with Gasteiger partial charge in [-0.1, -0.05) is 102 Å². The number of rotatable bonds is 8. The smallest absolute Gasteiger partial charge is 0.162 e. The van der Waals surface area contributed by atoms with Crippen LogP contribution in [0.4, 0.5) is 0 Å². The minimum Gasteiger partial charge on any atom is -0.512 e. The van der Waals surface area contributed by atoms with Gasteiger partial charge in [0.25, 0.3) is 0 Å². The van der Waals surface area contributed by atoms with Crippen molar-refractivity contribution in [2.24, 2.45) is 11.8 Å². The Hall–Kier alpha value is -3.86. The molecule has 1 N–H and O–H groups in total. The maximum Gasteiger partial charge on any atom is 0.162 e. The monoisotopic (exact) mass is 806 g/mol. The van der Waals surface area contributed by atoms with Gasteiger partial charge >= 0.3 is 0 Å². The third kappa shape index (κ3) is 7.50. The quantitative estimate of drug-likeness (QED) is 0.0942. The number of aromatic nitrogens is 2. The van der Waals surface area contributed by atoms with Crippen LogP contribution in [0.25, 0.3) is 54.9 Å². The van der Waals surface area contributed by atoms with Crippen LogP contribution >= 0.6 is 0 Å². The number of hydrogen-bond acceptors (Lipinski definition) is 5. The molecule has 2 aromatic heterocycles. The number of carbonyl (C=O) groups excluding carboxylic acids is 1. The van der Waals surface area contributed by atoms with Crippen LogP contribution < -0.4 is 0 Å². The molecular weight excluding hydrogens is 761 g/mol. The Balaban J connectivity index is 0.000000269. The fourth-order valence-electron chi connectivity index (χ4n) is 6.29. The summed E-state index contributed by atoms with van der Waals surface area (Å²) < 4.78 is 6.45. The number of aliphatic hydroxyl groups is 1. The van der Waals surface area contributed by atoms with Crippen LogP contribution in [0.3, 0.4) is 0 Å². The summed E-state index contributed by atoms with van der Waals surface area (Å²) in [5, 5.41) is 15.5.